The number of thiazole rings is 1. The first-order valence-corrected chi connectivity index (χ1v) is 14.5. The Hall–Kier alpha value is -4.30. The number of fused-ring (bicyclic) bond motifs is 1. The maximum absolute atomic E-state index is 13.1. The van der Waals surface area contributed by atoms with E-state index >= 15 is 0 Å². The lowest BCUT2D eigenvalue weighted by molar-refractivity contribution is -0.667. The number of hydrogen-bond donors (Lipinski definition) is 6. The summed E-state index contributed by atoms with van der Waals surface area (Å²) in [5, 5.41) is 28.3. The Morgan fingerprint density at radius 2 is 2.07 bits per heavy atom. The van der Waals surface area contributed by atoms with Crippen LogP contribution < -0.4 is 38.1 Å². The topological polar surface area (TPSA) is 282 Å². The summed E-state index contributed by atoms with van der Waals surface area (Å²) >= 11 is 3.29. The minimum atomic E-state index is -1.57. The first-order chi connectivity index (χ1) is 19.3. The van der Waals surface area contributed by atoms with E-state index in [9.17, 15) is 24.3 Å². The molecule has 2 aliphatic heterocycles. The van der Waals surface area contributed by atoms with Gasteiger partial charge >= 0.3 is 11.1 Å². The highest BCUT2D eigenvalue weighted by Gasteiger charge is 2.53. The number of hydrogen-bond acceptors (Lipinski definition) is 16. The third kappa shape index (κ3) is 5.79. The third-order valence-electron chi connectivity index (χ3n) is 5.98. The molecule has 4 heterocycles. The van der Waals surface area contributed by atoms with Crippen LogP contribution in [0.15, 0.2) is 27.0 Å². The van der Waals surface area contributed by atoms with Gasteiger partial charge in [-0.25, -0.2) is 9.78 Å². The van der Waals surface area contributed by atoms with Crippen LogP contribution in [-0.2, 0) is 24.0 Å². The van der Waals surface area contributed by atoms with E-state index in [1.165, 1.54) is 24.1 Å². The molecule has 0 saturated carbocycles. The highest BCUT2D eigenvalue weighted by atomic mass is 32.2. The summed E-state index contributed by atoms with van der Waals surface area (Å²) in [6, 6.07) is -1.13. The van der Waals surface area contributed by atoms with E-state index < -0.39 is 47.0 Å². The van der Waals surface area contributed by atoms with E-state index in [0.29, 0.717) is 11.1 Å². The van der Waals surface area contributed by atoms with Gasteiger partial charge in [-0.3, -0.25) is 20.3 Å². The molecule has 17 nitrogen and oxygen atoms in total. The highest BCUT2D eigenvalue weighted by Crippen LogP contribution is 2.41. The number of aromatic nitrogens is 3. The van der Waals surface area contributed by atoms with Crippen LogP contribution >= 0.6 is 34.9 Å². The number of β-lactam (4-membered cyclic amide) rings is 1. The number of rotatable bonds is 10. The second-order valence-corrected chi connectivity index (χ2v) is 11.6. The van der Waals surface area contributed by atoms with Gasteiger partial charge in [-0.1, -0.05) is 10.1 Å². The van der Waals surface area contributed by atoms with Crippen LogP contribution in [-0.4, -0.2) is 78.5 Å². The number of nitrogens with two attached hydrogens (primary N) is 4. The quantitative estimate of drug-likeness (QED) is 0.0292. The molecule has 1 saturated heterocycles. The van der Waals surface area contributed by atoms with E-state index in [2.05, 4.69) is 20.4 Å². The molecule has 3 atom stereocenters. The van der Waals surface area contributed by atoms with Gasteiger partial charge in [-0.2, -0.15) is 0 Å². The molecule has 1 fully saturated rings. The van der Waals surface area contributed by atoms with Gasteiger partial charge in [0.05, 0.1) is 17.2 Å². The molecule has 2 amide bonds. The second kappa shape index (κ2) is 11.7. The number of aliphatic carboxylic acids is 2. The molecule has 2 aliphatic rings. The summed E-state index contributed by atoms with van der Waals surface area (Å²) in [5.41, 5.74) is 17.6. The molecule has 10 N–H and O–H groups in total. The Morgan fingerprint density at radius 3 is 2.68 bits per heavy atom. The van der Waals surface area contributed by atoms with Gasteiger partial charge in [-0.05, 0) is 31.2 Å². The molecular weight excluding hydrogens is 600 g/mol. The van der Waals surface area contributed by atoms with Gasteiger partial charge in [0, 0.05) is 16.9 Å². The maximum atomic E-state index is 13.1. The van der Waals surface area contributed by atoms with Crippen LogP contribution in [0.5, 0.6) is 0 Å². The molecule has 2 aromatic rings. The number of carboxylic acids is 2. The van der Waals surface area contributed by atoms with Gasteiger partial charge in [0.2, 0.25) is 17.7 Å². The summed E-state index contributed by atoms with van der Waals surface area (Å²) in [6.45, 7) is 2.86. The first kappa shape index (κ1) is 29.7. The highest BCUT2D eigenvalue weighted by molar-refractivity contribution is 8.01. The van der Waals surface area contributed by atoms with Crippen molar-refractivity contribution in [3.8, 4) is 0 Å². The number of oxime groups is 1. The van der Waals surface area contributed by atoms with E-state index in [-0.39, 0.29) is 44.8 Å². The summed E-state index contributed by atoms with van der Waals surface area (Å²) in [4.78, 5) is 63.5. The minimum absolute atomic E-state index is 0.000257. The number of nitrogens with one attached hydrogen (secondary N) is 1. The van der Waals surface area contributed by atoms with Crippen molar-refractivity contribution in [2.75, 3.05) is 34.5 Å². The van der Waals surface area contributed by atoms with Crippen molar-refractivity contribution in [3.05, 3.63) is 27.9 Å². The van der Waals surface area contributed by atoms with E-state index in [0.717, 1.165) is 32.7 Å². The molecule has 1 unspecified atom stereocenters. The zero-order valence-electron chi connectivity index (χ0n) is 21.4. The standard InChI is InChI=1S/C21H24N10O7S3/c1-6-13(22)28-21(31(25)14(6)23)41-4-8-3-39-17-11(16(33)30(17)12(8)19(36)37)27-15(32)10(9-5-40-20(24)26-9)29-38-7(2)18(34)35/h5,7,11,17H,3-4,25H2,1-2H3,(H8,22,23,24,26,27,32,34,35,36,37)/b29-10-/t7-,11?,17+/m0/s1. The molecule has 218 valence electrons. The van der Waals surface area contributed by atoms with Gasteiger partial charge in [0.15, 0.2) is 10.8 Å². The van der Waals surface area contributed by atoms with Gasteiger partial charge in [0.25, 0.3) is 11.8 Å². The lowest BCUT2D eigenvalue weighted by Crippen LogP contribution is -2.71. The number of thioether (sulfide) groups is 2. The van der Waals surface area contributed by atoms with E-state index in [1.807, 2.05) is 0 Å². The monoisotopic (exact) mass is 624 g/mol. The maximum Gasteiger partial charge on any atom is 0.347 e. The van der Waals surface area contributed by atoms with Crippen LogP contribution in [0.1, 0.15) is 18.2 Å². The molecule has 20 heteroatoms. The Bertz CT molecular complexity index is 1510. The fraction of sp³-hybridized carbons (Fsp3) is 0.333. The predicted molar refractivity (Wildman–Crippen MR) is 147 cm³/mol. The molecule has 0 bridgehead atoms. The molecule has 4 rings (SSSR count). The Morgan fingerprint density at radius 1 is 1.37 bits per heavy atom. The number of carboxylic acid groups (broad SMARTS) is 2. The van der Waals surface area contributed by atoms with Crippen molar-refractivity contribution in [1.29, 1.82) is 0 Å². The number of carbonyl (C=O) groups excluding carboxylic acids is 3. The predicted octanol–water partition coefficient (Wildman–Crippen LogP) is -3.02. The number of nitrogen functional groups attached to an aromatic ring is 4. The molecule has 41 heavy (non-hydrogen) atoms. The van der Waals surface area contributed by atoms with Crippen LogP contribution in [0.3, 0.4) is 0 Å². The number of amides is 2. The first-order valence-electron chi connectivity index (χ1n) is 11.5. The largest absolute Gasteiger partial charge is 0.543 e. The Balaban J connectivity index is 1.52. The van der Waals surface area contributed by atoms with E-state index in [1.54, 1.807) is 6.92 Å². The molecule has 0 aromatic carbocycles. The van der Waals surface area contributed by atoms with Crippen LogP contribution in [0.4, 0.5) is 16.8 Å². The number of anilines is 3. The lowest BCUT2D eigenvalue weighted by Gasteiger charge is -2.50. The zero-order valence-corrected chi connectivity index (χ0v) is 23.8. The Kier molecular flexibility index (Phi) is 8.44. The molecule has 0 radical (unpaired) electrons. The third-order valence-corrected chi connectivity index (χ3v) is 9.03. The van der Waals surface area contributed by atoms with Crippen molar-refractivity contribution >= 4 is 81.1 Å². The molecule has 2 aromatic heterocycles. The van der Waals surface area contributed by atoms with Gasteiger partial charge in [0.1, 0.15) is 17.1 Å². The smallest absolute Gasteiger partial charge is 0.347 e. The summed E-state index contributed by atoms with van der Waals surface area (Å²) in [5.74, 6) is 2.09. The van der Waals surface area contributed by atoms with Crippen molar-refractivity contribution < 1.29 is 38.9 Å². The van der Waals surface area contributed by atoms with E-state index in [4.69, 9.17) is 33.0 Å². The van der Waals surface area contributed by atoms with Crippen molar-refractivity contribution in [1.82, 2.24) is 20.2 Å². The summed E-state index contributed by atoms with van der Waals surface area (Å²) in [7, 11) is 0. The molecular formula is C21H24N10O7S3. The normalized spacial score (nSPS) is 19.3. The lowest BCUT2D eigenvalue weighted by atomic mass is 10.0. The Labute approximate surface area is 243 Å². The fourth-order valence-corrected chi connectivity index (χ4v) is 6.64. The SMILES string of the molecule is Cc1c(N)nc(SCC2=C(C(=O)[O-])N3C(=O)C(NC(=O)/C(=N\O[C@@H](C)C(=O)O)c4csc(N)n4)[C@H]3SC2)[n+](N)c1N. The van der Waals surface area contributed by atoms with Gasteiger partial charge < -0.3 is 42.4 Å². The molecule has 0 aliphatic carbocycles. The average molecular weight is 625 g/mol. The average Bonchev–Trinajstić information content (AvgIpc) is 3.36. The van der Waals surface area contributed by atoms with Crippen LogP contribution in [0.2, 0.25) is 0 Å². The van der Waals surface area contributed by atoms with Crippen molar-refractivity contribution in [2.45, 2.75) is 36.5 Å². The second-order valence-electron chi connectivity index (χ2n) is 8.65. The fourth-order valence-electron chi connectivity index (χ4n) is 3.68. The van der Waals surface area contributed by atoms with Crippen molar-refractivity contribution in [2.24, 2.45) is 5.16 Å². The number of carbonyl (C=O) groups is 4. The minimum Gasteiger partial charge on any atom is -0.543 e. The van der Waals surface area contributed by atoms with Gasteiger partial charge in [-0.15, -0.1) is 27.8 Å². The summed E-state index contributed by atoms with van der Waals surface area (Å²) < 4.78 is 1.13. The zero-order chi connectivity index (χ0) is 30.2. The van der Waals surface area contributed by atoms with Crippen LogP contribution in [0, 0.1) is 6.92 Å². The number of nitrogens with zero attached hydrogens (tertiary/aromatic N) is 5. The van der Waals surface area contributed by atoms with Crippen LogP contribution in [0.25, 0.3) is 0 Å². The summed E-state index contributed by atoms with van der Waals surface area (Å²) in [6.07, 6.45) is -1.38. The van der Waals surface area contributed by atoms with Crippen molar-refractivity contribution in [3.63, 3.8) is 0 Å². The molecule has 0 spiro atoms.